The fraction of sp³-hybridized carbons (Fsp3) is 0.700. The van der Waals surface area contributed by atoms with Gasteiger partial charge in [-0.2, -0.15) is 0 Å². The SMILES string of the molecule is CCCCCCCCCCCCCCc1ccccc1.O=S(=O)([O-])[O-].[Na+].[Na+]. The van der Waals surface area contributed by atoms with Gasteiger partial charge >= 0.3 is 59.1 Å². The topological polar surface area (TPSA) is 80.3 Å². The molecule has 7 heteroatoms. The van der Waals surface area contributed by atoms with Crippen LogP contribution >= 0.6 is 0 Å². The van der Waals surface area contributed by atoms with Crippen LogP contribution in [-0.4, -0.2) is 17.5 Å². The van der Waals surface area contributed by atoms with Crippen molar-refractivity contribution in [3.05, 3.63) is 35.9 Å². The fourth-order valence-corrected chi connectivity index (χ4v) is 2.81. The first kappa shape index (κ1) is 32.7. The monoisotopic (exact) mass is 416 g/mol. The van der Waals surface area contributed by atoms with Gasteiger partial charge in [0.25, 0.3) is 0 Å². The zero-order valence-electron chi connectivity index (χ0n) is 17.6. The second kappa shape index (κ2) is 23.4. The molecule has 0 bridgehead atoms. The molecule has 0 aromatic heterocycles. The van der Waals surface area contributed by atoms with Gasteiger partial charge in [0.2, 0.25) is 0 Å². The summed E-state index contributed by atoms with van der Waals surface area (Å²) in [4.78, 5) is 0. The van der Waals surface area contributed by atoms with Crippen LogP contribution in [0.3, 0.4) is 0 Å². The number of unbranched alkanes of at least 4 members (excludes halogenated alkanes) is 11. The minimum Gasteiger partial charge on any atom is -0.759 e. The van der Waals surface area contributed by atoms with Gasteiger partial charge < -0.3 is 9.11 Å². The average molecular weight is 417 g/mol. The molecule has 0 aliphatic heterocycles. The summed E-state index contributed by atoms with van der Waals surface area (Å²) in [6.07, 6.45) is 18.5. The largest absolute Gasteiger partial charge is 1.00 e. The molecule has 1 rings (SSSR count). The molecule has 0 spiro atoms. The molecule has 0 N–H and O–H groups in total. The first-order valence-electron chi connectivity index (χ1n) is 9.64. The van der Waals surface area contributed by atoms with Crippen LogP contribution in [0.1, 0.15) is 89.5 Å². The van der Waals surface area contributed by atoms with Gasteiger partial charge in [0, 0.05) is 10.4 Å². The number of aryl methyl sites for hydroxylation is 1. The molecular weight excluding hydrogens is 382 g/mol. The second-order valence-electron chi connectivity index (χ2n) is 6.53. The van der Waals surface area contributed by atoms with E-state index >= 15 is 0 Å². The third kappa shape index (κ3) is 32.0. The van der Waals surface area contributed by atoms with Crippen molar-refractivity contribution in [3.8, 4) is 0 Å². The molecule has 0 atom stereocenters. The summed E-state index contributed by atoms with van der Waals surface area (Å²) in [5, 5.41) is 0. The van der Waals surface area contributed by atoms with E-state index in [1.165, 1.54) is 89.0 Å². The Morgan fingerprint density at radius 3 is 1.37 bits per heavy atom. The first-order valence-corrected chi connectivity index (χ1v) is 11.0. The van der Waals surface area contributed by atoms with Crippen molar-refractivity contribution >= 4 is 10.4 Å². The third-order valence-corrected chi connectivity index (χ3v) is 4.16. The molecule has 1 aromatic rings. The van der Waals surface area contributed by atoms with Crippen LogP contribution in [0.15, 0.2) is 30.3 Å². The molecule has 0 unspecified atom stereocenters. The second-order valence-corrected chi connectivity index (χ2v) is 7.35. The van der Waals surface area contributed by atoms with Gasteiger partial charge in [-0.3, -0.25) is 8.42 Å². The van der Waals surface area contributed by atoms with E-state index in [0.717, 1.165) is 0 Å². The Morgan fingerprint density at radius 1 is 0.667 bits per heavy atom. The molecule has 0 saturated carbocycles. The van der Waals surface area contributed by atoms with Crippen LogP contribution in [0.4, 0.5) is 0 Å². The number of hydrogen-bond donors (Lipinski definition) is 0. The number of hydrogen-bond acceptors (Lipinski definition) is 4. The van der Waals surface area contributed by atoms with E-state index in [9.17, 15) is 0 Å². The zero-order valence-corrected chi connectivity index (χ0v) is 22.4. The predicted molar refractivity (Wildman–Crippen MR) is 102 cm³/mol. The molecule has 146 valence electrons. The van der Waals surface area contributed by atoms with Crippen LogP contribution in [-0.2, 0) is 16.8 Å². The molecule has 0 heterocycles. The normalized spacial score (nSPS) is 10.2. The van der Waals surface area contributed by atoms with Gasteiger partial charge in [0.15, 0.2) is 0 Å². The van der Waals surface area contributed by atoms with E-state index in [0.29, 0.717) is 0 Å². The predicted octanol–water partition coefficient (Wildman–Crippen LogP) is -0.400. The van der Waals surface area contributed by atoms with E-state index in [1.54, 1.807) is 0 Å². The maximum Gasteiger partial charge on any atom is 1.00 e. The Morgan fingerprint density at radius 2 is 1.00 bits per heavy atom. The van der Waals surface area contributed by atoms with Crippen LogP contribution in [0.2, 0.25) is 0 Å². The Balaban J connectivity index is -0.000000729. The van der Waals surface area contributed by atoms with Crippen molar-refractivity contribution < 1.29 is 76.6 Å². The van der Waals surface area contributed by atoms with Crippen LogP contribution < -0.4 is 59.1 Å². The Labute approximate surface area is 211 Å². The molecule has 27 heavy (non-hydrogen) atoms. The van der Waals surface area contributed by atoms with Crippen LogP contribution in [0.25, 0.3) is 0 Å². The molecule has 0 amide bonds. The molecule has 0 saturated heterocycles. The van der Waals surface area contributed by atoms with Gasteiger partial charge in [-0.15, -0.1) is 0 Å². The van der Waals surface area contributed by atoms with E-state index in [-0.39, 0.29) is 59.1 Å². The van der Waals surface area contributed by atoms with E-state index < -0.39 is 10.4 Å². The standard InChI is InChI=1S/C20H34.2Na.H2O4S/c1-2-3-4-5-6-7-8-9-10-11-12-14-17-20-18-15-13-16-19-20;;;1-5(2,3)4/h13,15-16,18-19H,2-12,14,17H2,1H3;;;(H2,1,2,3,4)/q;2*+1;/p-2. The van der Waals surface area contributed by atoms with Crippen molar-refractivity contribution in [3.63, 3.8) is 0 Å². The Kier molecular flexibility index (Phi) is 28.3. The van der Waals surface area contributed by atoms with Gasteiger partial charge in [0.1, 0.15) is 0 Å². The van der Waals surface area contributed by atoms with Crippen molar-refractivity contribution in [2.75, 3.05) is 0 Å². The van der Waals surface area contributed by atoms with E-state index in [4.69, 9.17) is 17.5 Å². The van der Waals surface area contributed by atoms with Crippen molar-refractivity contribution in [2.45, 2.75) is 90.4 Å². The summed E-state index contributed by atoms with van der Waals surface area (Å²) in [5.74, 6) is 0. The molecule has 1 aromatic carbocycles. The summed E-state index contributed by atoms with van der Waals surface area (Å²) in [5.41, 5.74) is 1.50. The summed E-state index contributed by atoms with van der Waals surface area (Å²) in [6, 6.07) is 10.9. The number of rotatable bonds is 13. The van der Waals surface area contributed by atoms with E-state index in [1.807, 2.05) is 0 Å². The minimum absolute atomic E-state index is 0. The van der Waals surface area contributed by atoms with Gasteiger partial charge in [0.05, 0.1) is 0 Å². The Hall–Kier alpha value is 1.09. The summed E-state index contributed by atoms with van der Waals surface area (Å²) in [7, 11) is -5.17. The van der Waals surface area contributed by atoms with Crippen molar-refractivity contribution in [1.82, 2.24) is 0 Å². The van der Waals surface area contributed by atoms with E-state index in [2.05, 4.69) is 37.3 Å². The first-order chi connectivity index (χ1) is 11.9. The zero-order chi connectivity index (χ0) is 18.8. The third-order valence-electron chi connectivity index (χ3n) is 4.16. The maximum atomic E-state index is 8.52. The van der Waals surface area contributed by atoms with Gasteiger partial charge in [-0.05, 0) is 18.4 Å². The van der Waals surface area contributed by atoms with Crippen molar-refractivity contribution in [2.24, 2.45) is 0 Å². The molecular formula is C20H34Na2O4S. The fourth-order valence-electron chi connectivity index (χ4n) is 2.81. The molecule has 0 fully saturated rings. The summed E-state index contributed by atoms with van der Waals surface area (Å²) >= 11 is 0. The molecule has 0 radical (unpaired) electrons. The van der Waals surface area contributed by atoms with Crippen molar-refractivity contribution in [1.29, 1.82) is 0 Å². The summed E-state index contributed by atoms with van der Waals surface area (Å²) < 4.78 is 34.1. The number of benzene rings is 1. The quantitative estimate of drug-likeness (QED) is 0.190. The summed E-state index contributed by atoms with van der Waals surface area (Å²) in [6.45, 7) is 2.29. The molecule has 4 nitrogen and oxygen atoms in total. The smallest absolute Gasteiger partial charge is 0.759 e. The maximum absolute atomic E-state index is 8.52. The van der Waals surface area contributed by atoms with Crippen LogP contribution in [0, 0.1) is 0 Å². The Bertz CT molecular complexity index is 488. The molecule has 0 aliphatic carbocycles. The minimum atomic E-state index is -5.17. The van der Waals surface area contributed by atoms with Gasteiger partial charge in [-0.1, -0.05) is 108 Å². The van der Waals surface area contributed by atoms with Crippen LogP contribution in [0.5, 0.6) is 0 Å². The van der Waals surface area contributed by atoms with Gasteiger partial charge in [-0.25, -0.2) is 0 Å². The average Bonchev–Trinajstić information content (AvgIpc) is 2.55. The molecule has 0 aliphatic rings.